The van der Waals surface area contributed by atoms with E-state index in [2.05, 4.69) is 27.8 Å². The van der Waals surface area contributed by atoms with Crippen LogP contribution in [0.25, 0.3) is 0 Å². The minimum atomic E-state index is 0. The highest BCUT2D eigenvalue weighted by Crippen LogP contribution is 2.48. The van der Waals surface area contributed by atoms with Gasteiger partial charge in [0.05, 0.1) is 13.7 Å². The monoisotopic (exact) mass is 515 g/mol. The lowest BCUT2D eigenvalue weighted by Gasteiger charge is -2.19. The third-order valence-electron chi connectivity index (χ3n) is 4.94. The molecule has 3 rings (SSSR count). The van der Waals surface area contributed by atoms with Crippen molar-refractivity contribution in [2.75, 3.05) is 20.2 Å². The number of hydrogen-bond donors (Lipinski definition) is 3. The van der Waals surface area contributed by atoms with E-state index in [1.165, 1.54) is 5.56 Å². The van der Waals surface area contributed by atoms with Crippen LogP contribution in [-0.4, -0.2) is 31.3 Å². The molecule has 0 radical (unpaired) electrons. The number of phenolic OH excluding ortho intramolecular Hbond substituents is 1. The molecule has 0 unspecified atom stereocenters. The summed E-state index contributed by atoms with van der Waals surface area (Å²) >= 11 is 6.16. The Morgan fingerprint density at radius 2 is 1.96 bits per heavy atom. The molecule has 0 atom stereocenters. The number of nitrogens with zero attached hydrogens (tertiary/aromatic N) is 1. The first kappa shape index (κ1) is 22.6. The average Bonchev–Trinajstić information content (AvgIpc) is 3.46. The van der Waals surface area contributed by atoms with Gasteiger partial charge in [-0.3, -0.25) is 0 Å². The predicted molar refractivity (Wildman–Crippen MR) is 125 cm³/mol. The van der Waals surface area contributed by atoms with Crippen LogP contribution in [0.3, 0.4) is 0 Å². The number of aromatic hydroxyl groups is 1. The van der Waals surface area contributed by atoms with Crippen molar-refractivity contribution in [3.63, 3.8) is 0 Å². The molecule has 1 saturated carbocycles. The Kier molecular flexibility index (Phi) is 8.24. The van der Waals surface area contributed by atoms with Crippen LogP contribution in [0.15, 0.2) is 47.5 Å². The molecule has 0 aromatic heterocycles. The zero-order chi connectivity index (χ0) is 19.3. The number of phenols is 1. The van der Waals surface area contributed by atoms with E-state index >= 15 is 0 Å². The quantitative estimate of drug-likeness (QED) is 0.289. The first-order chi connectivity index (χ1) is 13.1. The van der Waals surface area contributed by atoms with Gasteiger partial charge in [-0.2, -0.15) is 0 Å². The fraction of sp³-hybridized carbons (Fsp3) is 0.381. The van der Waals surface area contributed by atoms with E-state index in [0.717, 1.165) is 42.5 Å². The number of benzene rings is 2. The molecule has 7 heteroatoms. The Balaban J connectivity index is 0.00000280. The Bertz CT molecular complexity index is 825. The van der Waals surface area contributed by atoms with E-state index < -0.39 is 0 Å². The molecule has 1 aliphatic carbocycles. The maximum atomic E-state index is 10.2. The number of aliphatic imine (C=N–C) groups is 1. The molecular weight excluding hydrogens is 489 g/mol. The Hall–Kier alpha value is -1.67. The summed E-state index contributed by atoms with van der Waals surface area (Å²) in [5.74, 6) is 1.32. The highest BCUT2D eigenvalue weighted by molar-refractivity contribution is 14.0. The molecule has 0 saturated heterocycles. The number of hydrogen-bond acceptors (Lipinski definition) is 3. The van der Waals surface area contributed by atoms with E-state index in [9.17, 15) is 5.11 Å². The maximum Gasteiger partial charge on any atom is 0.191 e. The molecular formula is C21H27ClIN3O2. The average molecular weight is 516 g/mol. The molecule has 1 aliphatic rings. The van der Waals surface area contributed by atoms with E-state index in [1.807, 2.05) is 31.2 Å². The van der Waals surface area contributed by atoms with Crippen LogP contribution < -0.4 is 15.4 Å². The van der Waals surface area contributed by atoms with Crippen molar-refractivity contribution in [2.45, 2.75) is 31.7 Å². The van der Waals surface area contributed by atoms with Crippen molar-refractivity contribution < 1.29 is 9.84 Å². The standard InChI is InChI=1S/C21H26ClN3O2.HI/c1-3-23-20(24-13-15-6-4-9-18(27-2)19(15)26)25-14-21(10-11-21)16-7-5-8-17(22)12-16;/h4-9,12,26H,3,10-11,13-14H2,1-2H3,(H2,23,24,25);1H. The number of para-hydroxylation sites is 1. The lowest BCUT2D eigenvalue weighted by molar-refractivity contribution is 0.370. The molecule has 3 N–H and O–H groups in total. The topological polar surface area (TPSA) is 65.9 Å². The zero-order valence-electron chi connectivity index (χ0n) is 16.2. The molecule has 0 bridgehead atoms. The van der Waals surface area contributed by atoms with Crippen molar-refractivity contribution in [3.05, 3.63) is 58.6 Å². The lowest BCUT2D eigenvalue weighted by Crippen LogP contribution is -2.41. The summed E-state index contributed by atoms with van der Waals surface area (Å²) in [5, 5.41) is 17.7. The van der Waals surface area contributed by atoms with Crippen LogP contribution >= 0.6 is 35.6 Å². The summed E-state index contributed by atoms with van der Waals surface area (Å²) in [6.07, 6.45) is 2.27. The van der Waals surface area contributed by atoms with Crippen LogP contribution in [0.4, 0.5) is 0 Å². The van der Waals surface area contributed by atoms with Crippen molar-refractivity contribution >= 4 is 41.5 Å². The van der Waals surface area contributed by atoms with Gasteiger partial charge >= 0.3 is 0 Å². The van der Waals surface area contributed by atoms with Gasteiger partial charge in [0.2, 0.25) is 0 Å². The van der Waals surface area contributed by atoms with Crippen molar-refractivity contribution in [3.8, 4) is 11.5 Å². The first-order valence-corrected chi connectivity index (χ1v) is 9.59. The molecule has 0 aliphatic heterocycles. The van der Waals surface area contributed by atoms with Crippen LogP contribution in [0.2, 0.25) is 5.02 Å². The molecule has 0 spiro atoms. The number of ether oxygens (including phenoxy) is 1. The van der Waals surface area contributed by atoms with Crippen LogP contribution in [0.5, 0.6) is 11.5 Å². The van der Waals surface area contributed by atoms with Crippen LogP contribution in [-0.2, 0) is 12.0 Å². The van der Waals surface area contributed by atoms with Crippen LogP contribution in [0, 0.1) is 0 Å². The molecule has 2 aromatic carbocycles. The second kappa shape index (κ2) is 10.2. The summed E-state index contributed by atoms with van der Waals surface area (Å²) in [6.45, 7) is 3.95. The molecule has 0 amide bonds. The molecule has 5 nitrogen and oxygen atoms in total. The lowest BCUT2D eigenvalue weighted by atomic mass is 9.96. The Labute approximate surface area is 188 Å². The van der Waals surface area contributed by atoms with Gasteiger partial charge in [0, 0.05) is 29.1 Å². The van der Waals surface area contributed by atoms with Gasteiger partial charge in [-0.15, -0.1) is 24.0 Å². The summed E-state index contributed by atoms with van der Waals surface area (Å²) in [6, 6.07) is 13.5. The van der Waals surface area contributed by atoms with E-state index in [1.54, 1.807) is 13.2 Å². The molecule has 152 valence electrons. The normalized spacial score (nSPS) is 14.8. The van der Waals surface area contributed by atoms with Gasteiger partial charge in [0.25, 0.3) is 0 Å². The zero-order valence-corrected chi connectivity index (χ0v) is 19.3. The minimum absolute atomic E-state index is 0. The second-order valence-corrected chi connectivity index (χ2v) is 7.24. The van der Waals surface area contributed by atoms with Gasteiger partial charge in [0.1, 0.15) is 0 Å². The molecule has 2 aromatic rings. The largest absolute Gasteiger partial charge is 0.504 e. The summed E-state index contributed by atoms with van der Waals surface area (Å²) < 4.78 is 5.16. The van der Waals surface area contributed by atoms with Crippen molar-refractivity contribution in [1.82, 2.24) is 10.6 Å². The SMILES string of the molecule is CCNC(=NCc1cccc(OC)c1O)NCC1(c2cccc(Cl)c2)CC1.I. The minimum Gasteiger partial charge on any atom is -0.504 e. The van der Waals surface area contributed by atoms with Gasteiger partial charge in [-0.05, 0) is 43.5 Å². The molecule has 0 heterocycles. The fourth-order valence-electron chi connectivity index (χ4n) is 3.16. The highest BCUT2D eigenvalue weighted by Gasteiger charge is 2.44. The smallest absolute Gasteiger partial charge is 0.191 e. The fourth-order valence-corrected chi connectivity index (χ4v) is 3.35. The Morgan fingerprint density at radius 1 is 1.21 bits per heavy atom. The van der Waals surface area contributed by atoms with E-state index in [0.29, 0.717) is 12.3 Å². The van der Waals surface area contributed by atoms with Gasteiger partial charge in [0.15, 0.2) is 17.5 Å². The second-order valence-electron chi connectivity index (χ2n) is 6.81. The summed E-state index contributed by atoms with van der Waals surface area (Å²) in [4.78, 5) is 4.61. The van der Waals surface area contributed by atoms with Gasteiger partial charge in [-0.1, -0.05) is 35.9 Å². The summed E-state index contributed by atoms with van der Waals surface area (Å²) in [5.41, 5.74) is 2.12. The number of nitrogens with one attached hydrogen (secondary N) is 2. The summed E-state index contributed by atoms with van der Waals surface area (Å²) in [7, 11) is 1.54. The maximum absolute atomic E-state index is 10.2. The highest BCUT2D eigenvalue weighted by atomic mass is 127. The molecule has 28 heavy (non-hydrogen) atoms. The van der Waals surface area contributed by atoms with Crippen LogP contribution in [0.1, 0.15) is 30.9 Å². The first-order valence-electron chi connectivity index (χ1n) is 9.21. The predicted octanol–water partition coefficient (Wildman–Crippen LogP) is 4.46. The van der Waals surface area contributed by atoms with E-state index in [-0.39, 0.29) is 35.1 Å². The number of guanidine groups is 1. The van der Waals surface area contributed by atoms with Crippen molar-refractivity contribution in [1.29, 1.82) is 0 Å². The number of halogens is 2. The van der Waals surface area contributed by atoms with E-state index in [4.69, 9.17) is 16.3 Å². The Morgan fingerprint density at radius 3 is 2.61 bits per heavy atom. The third kappa shape index (κ3) is 5.44. The molecule has 1 fully saturated rings. The van der Waals surface area contributed by atoms with Gasteiger partial charge in [-0.25, -0.2) is 4.99 Å². The van der Waals surface area contributed by atoms with Crippen molar-refractivity contribution in [2.24, 2.45) is 4.99 Å². The number of methoxy groups -OCH3 is 1. The van der Waals surface area contributed by atoms with Gasteiger partial charge < -0.3 is 20.5 Å². The number of rotatable bonds is 7. The third-order valence-corrected chi connectivity index (χ3v) is 5.17.